The van der Waals surface area contributed by atoms with Gasteiger partial charge in [-0.05, 0) is 385 Å². The second kappa shape index (κ2) is 56.9. The highest BCUT2D eigenvalue weighted by molar-refractivity contribution is 5.80. The van der Waals surface area contributed by atoms with Gasteiger partial charge in [-0.3, -0.25) is 0 Å². The van der Waals surface area contributed by atoms with E-state index in [0.717, 1.165) is 70.6 Å². The molecular formula is C149H162. The second-order valence-electron chi connectivity index (χ2n) is 40.3. The van der Waals surface area contributed by atoms with Gasteiger partial charge < -0.3 is 0 Å². The first kappa shape index (κ1) is 113. The summed E-state index contributed by atoms with van der Waals surface area (Å²) in [6.45, 7) is 52.2. The molecule has 0 fully saturated rings. The quantitative estimate of drug-likeness (QED) is 0.0634. The third-order valence-corrected chi connectivity index (χ3v) is 28.8. The van der Waals surface area contributed by atoms with Gasteiger partial charge in [0.2, 0.25) is 0 Å². The fourth-order valence-electron chi connectivity index (χ4n) is 19.4. The first-order valence-electron chi connectivity index (χ1n) is 54.9. The molecule has 0 nitrogen and oxygen atoms in total. The molecule has 149 heavy (non-hydrogen) atoms. The van der Waals surface area contributed by atoms with Crippen molar-refractivity contribution in [3.8, 4) is 122 Å². The Morgan fingerprint density at radius 3 is 0.530 bits per heavy atom. The van der Waals surface area contributed by atoms with E-state index in [4.69, 9.17) is 0 Å². The molecule has 758 valence electrons. The van der Waals surface area contributed by atoms with Gasteiger partial charge in [-0.1, -0.05) is 521 Å². The van der Waals surface area contributed by atoms with Crippen LogP contribution in [-0.2, 0) is 70.6 Å². The monoisotopic (exact) mass is 1950 g/mol. The van der Waals surface area contributed by atoms with E-state index >= 15 is 0 Å². The Morgan fingerprint density at radius 1 is 0.107 bits per heavy atom. The average molecular weight is 1950 g/mol. The van der Waals surface area contributed by atoms with E-state index in [9.17, 15) is 0 Å². The topological polar surface area (TPSA) is 0 Å². The molecule has 0 amide bonds. The molecule has 0 N–H and O–H groups in total. The van der Waals surface area contributed by atoms with Crippen LogP contribution in [0.2, 0.25) is 0 Å². The lowest BCUT2D eigenvalue weighted by Gasteiger charge is -2.12. The fourth-order valence-corrected chi connectivity index (χ4v) is 19.4. The molecule has 0 heterocycles. The number of benzene rings is 19. The molecule has 0 atom stereocenters. The lowest BCUT2D eigenvalue weighted by Crippen LogP contribution is -1.91. The Morgan fingerprint density at radius 2 is 0.275 bits per heavy atom. The molecule has 0 aliphatic carbocycles. The SMILES string of the molecule is CCc1ccc(-c2ccc(C)cc2)c(C)c1.CCc1ccc(-c2ccc(C)cc2)c(CC)c1.CCc1ccc(-c2ccc(C)cc2C)cc1.CCc1ccc(-c2ccc(C)cc2CC)cc1.CCc1ccc(-c2cccc(-c3ccc(C)cc3)c2)c(C)c1.CCc1ccc(-c2cccc(-c3ccc(C)cc3)c2)c(CC)c1.CCc1ccc(-c2cccc(-c3ccc(C)cc3CC)c2)cc1.Cc1ccc(-c2ccc(C)cc2C)cc1. The normalized spacial score (nSPS) is 10.6. The minimum absolute atomic E-state index is 1.06. The van der Waals surface area contributed by atoms with Crippen molar-refractivity contribution < 1.29 is 0 Å². The molecule has 19 aromatic carbocycles. The van der Waals surface area contributed by atoms with Crippen molar-refractivity contribution in [1.82, 2.24) is 0 Å². The highest BCUT2D eigenvalue weighted by Gasteiger charge is 2.15. The number of aryl methyl sites for hydroxylation is 24. The van der Waals surface area contributed by atoms with Gasteiger partial charge in [0.15, 0.2) is 0 Å². The molecule has 0 aliphatic rings. The van der Waals surface area contributed by atoms with Crippen molar-refractivity contribution in [3.05, 3.63) is 546 Å². The summed E-state index contributed by atoms with van der Waals surface area (Å²) in [4.78, 5) is 0. The van der Waals surface area contributed by atoms with Crippen molar-refractivity contribution in [1.29, 1.82) is 0 Å². The van der Waals surface area contributed by atoms with Gasteiger partial charge in [0, 0.05) is 0 Å². The molecule has 0 saturated carbocycles. The zero-order chi connectivity index (χ0) is 106. The van der Waals surface area contributed by atoms with Crippen LogP contribution < -0.4 is 0 Å². The van der Waals surface area contributed by atoms with Crippen LogP contribution in [0, 0.1) is 90.0 Å². The summed E-state index contributed by atoms with van der Waals surface area (Å²) >= 11 is 0. The van der Waals surface area contributed by atoms with Gasteiger partial charge in [0.05, 0.1) is 0 Å². The predicted molar refractivity (Wildman–Crippen MR) is 656 cm³/mol. The van der Waals surface area contributed by atoms with Crippen LogP contribution in [0.3, 0.4) is 0 Å². The molecular weight excluding hydrogens is 1790 g/mol. The zero-order valence-electron chi connectivity index (χ0n) is 94.0. The van der Waals surface area contributed by atoms with Gasteiger partial charge in [0.25, 0.3) is 0 Å². The van der Waals surface area contributed by atoms with E-state index in [1.807, 2.05) is 0 Å². The van der Waals surface area contributed by atoms with Crippen molar-refractivity contribution >= 4 is 0 Å². The maximum Gasteiger partial charge on any atom is -0.0152 e. The van der Waals surface area contributed by atoms with Gasteiger partial charge in [-0.2, -0.15) is 0 Å². The van der Waals surface area contributed by atoms with Crippen LogP contribution in [0.5, 0.6) is 0 Å². The Hall–Kier alpha value is -14.8. The average Bonchev–Trinajstić information content (AvgIpc) is 0.808. The summed E-state index contributed by atoms with van der Waals surface area (Å²) in [5, 5.41) is 0. The minimum atomic E-state index is 1.06. The van der Waals surface area contributed by atoms with E-state index in [0.29, 0.717) is 0 Å². The summed E-state index contributed by atoms with van der Waals surface area (Å²) in [5.74, 6) is 0. The largest absolute Gasteiger partial charge is 0.0613 e. The van der Waals surface area contributed by atoms with E-state index in [2.05, 4.69) is 579 Å². The summed E-state index contributed by atoms with van der Waals surface area (Å²) < 4.78 is 0. The lowest BCUT2D eigenvalue weighted by molar-refractivity contribution is 1.09. The molecule has 0 spiro atoms. The molecule has 0 heteroatoms. The number of hydrogen-bond acceptors (Lipinski definition) is 0. The van der Waals surface area contributed by atoms with E-state index in [-0.39, 0.29) is 0 Å². The number of rotatable bonds is 22. The molecule has 0 saturated heterocycles. The summed E-state index contributed by atoms with van der Waals surface area (Å²) in [7, 11) is 0. The molecule has 0 unspecified atom stereocenters. The van der Waals surface area contributed by atoms with Crippen molar-refractivity contribution in [3.63, 3.8) is 0 Å². The molecule has 0 bridgehead atoms. The summed E-state index contributed by atoms with van der Waals surface area (Å²) in [5.41, 5.74) is 61.8. The van der Waals surface area contributed by atoms with Gasteiger partial charge in [-0.15, -0.1) is 0 Å². The summed E-state index contributed by atoms with van der Waals surface area (Å²) in [6.07, 6.45) is 12.0. The Labute approximate surface area is 898 Å². The van der Waals surface area contributed by atoms with Crippen LogP contribution in [0.1, 0.15) is 210 Å². The molecule has 0 aliphatic heterocycles. The maximum absolute atomic E-state index is 2.36. The van der Waals surface area contributed by atoms with E-state index in [1.165, 1.54) is 256 Å². The van der Waals surface area contributed by atoms with Crippen LogP contribution in [0.15, 0.2) is 413 Å². The van der Waals surface area contributed by atoms with Crippen LogP contribution in [0.4, 0.5) is 0 Å². The van der Waals surface area contributed by atoms with Gasteiger partial charge in [-0.25, -0.2) is 0 Å². The van der Waals surface area contributed by atoms with E-state index < -0.39 is 0 Å². The first-order chi connectivity index (χ1) is 72.1. The number of hydrogen-bond donors (Lipinski definition) is 0. The Kier molecular flexibility index (Phi) is 43.1. The summed E-state index contributed by atoms with van der Waals surface area (Å²) in [6, 6.07) is 151. The second-order valence-corrected chi connectivity index (χ2v) is 40.3. The molecule has 19 aromatic rings. The molecule has 0 aromatic heterocycles. The predicted octanol–water partition coefficient (Wildman–Crippen LogP) is 42.0. The van der Waals surface area contributed by atoms with Gasteiger partial charge in [0.1, 0.15) is 0 Å². The Bertz CT molecular complexity index is 7440. The first-order valence-corrected chi connectivity index (χ1v) is 54.9. The standard InChI is InChI=1S/2C23H24.C22H22.2C17H20.2C16H18.C15H16/c1-4-18-10-12-20(13-11-18)21-7-6-8-22(16-21)23-14-9-17(3)15-19(23)5-2;1-4-18-11-14-23(19(5-2)15-18)22-8-6-7-21(16-22)20-12-9-17(3)10-13-20;1-4-18-10-13-22(17(3)14-18)21-7-5-6-20(15-21)19-11-8-16(2)9-12-19;1-4-14-7-9-16(10-8-14)17-11-6-13(3)12-15(17)5-2;1-4-14-8-11-17(15(5-2)12-14)16-9-6-13(3)7-10-16;1-4-14-6-8-15(9-7-14)16-10-5-12(2)11-13(16)3;1-4-14-7-10-16(13(3)11-14)15-8-5-12(2)6-9-15;1-11-4-7-14(8-5-11)15-9-6-12(2)10-13(15)3/h2*6-16H,4-5H2,1-3H3;5-15H,4H2,1-3H3;2*6-12H,4-5H2,1-3H3;2*5-11H,4H2,1-3H3;4-10H,1-3H3. The fraction of sp³-hybridized carbons (Fsp3) is 0.235. The molecule has 19 rings (SSSR count). The highest BCUT2D eigenvalue weighted by Crippen LogP contribution is 2.37. The van der Waals surface area contributed by atoms with Crippen LogP contribution in [-0.4, -0.2) is 0 Å². The third kappa shape index (κ3) is 32.6. The van der Waals surface area contributed by atoms with Gasteiger partial charge >= 0.3 is 0 Å². The van der Waals surface area contributed by atoms with Crippen molar-refractivity contribution in [2.24, 2.45) is 0 Å². The molecule has 0 radical (unpaired) electrons. The van der Waals surface area contributed by atoms with Crippen LogP contribution in [0.25, 0.3) is 122 Å². The van der Waals surface area contributed by atoms with E-state index in [1.54, 1.807) is 0 Å². The smallest absolute Gasteiger partial charge is 0.0152 e. The van der Waals surface area contributed by atoms with Crippen molar-refractivity contribution in [2.45, 2.75) is 237 Å². The van der Waals surface area contributed by atoms with Crippen LogP contribution >= 0.6 is 0 Å². The third-order valence-electron chi connectivity index (χ3n) is 28.8. The Balaban J connectivity index is 0.000000152. The minimum Gasteiger partial charge on any atom is -0.0613 e. The zero-order valence-corrected chi connectivity index (χ0v) is 94.0. The van der Waals surface area contributed by atoms with Crippen molar-refractivity contribution in [2.75, 3.05) is 0 Å². The highest BCUT2D eigenvalue weighted by atomic mass is 14.2. The maximum atomic E-state index is 2.36. The lowest BCUT2D eigenvalue weighted by atomic mass is 9.93.